The molecule has 4 heteroatoms. The zero-order valence-electron chi connectivity index (χ0n) is 14.3. The average Bonchev–Trinajstić information content (AvgIpc) is 2.55. The Bertz CT molecular complexity index is 501. The summed E-state index contributed by atoms with van der Waals surface area (Å²) in [5.41, 5.74) is 0.807. The van der Waals surface area contributed by atoms with Gasteiger partial charge in [0.1, 0.15) is 0 Å². The first-order valence-electron chi connectivity index (χ1n) is 8.84. The first kappa shape index (κ1) is 16.5. The highest BCUT2D eigenvalue weighted by atomic mass is 16.5. The molecule has 0 bridgehead atoms. The van der Waals surface area contributed by atoms with Crippen LogP contribution in [-0.2, 0) is 4.74 Å². The molecular formula is C19H28N2O2. The summed E-state index contributed by atoms with van der Waals surface area (Å²) in [4.78, 5) is 17.0. The van der Waals surface area contributed by atoms with Crippen LogP contribution in [0.5, 0.6) is 0 Å². The normalized spacial score (nSPS) is 27.1. The van der Waals surface area contributed by atoms with Crippen LogP contribution in [0.4, 0.5) is 0 Å². The summed E-state index contributed by atoms with van der Waals surface area (Å²) in [5.74, 6) is 0.880. The van der Waals surface area contributed by atoms with Crippen molar-refractivity contribution in [3.05, 3.63) is 35.9 Å². The second kappa shape index (κ2) is 7.45. The van der Waals surface area contributed by atoms with Crippen molar-refractivity contribution in [2.75, 3.05) is 32.7 Å². The molecule has 1 amide bonds. The maximum absolute atomic E-state index is 12.5. The number of hydrogen-bond donors (Lipinski definition) is 0. The summed E-state index contributed by atoms with van der Waals surface area (Å²) in [6.45, 7) is 9.29. The van der Waals surface area contributed by atoms with Crippen molar-refractivity contribution in [2.24, 2.45) is 5.92 Å². The minimum atomic E-state index is 0.178. The maximum Gasteiger partial charge on any atom is 0.253 e. The van der Waals surface area contributed by atoms with Crippen LogP contribution in [-0.4, -0.2) is 60.6 Å². The zero-order valence-corrected chi connectivity index (χ0v) is 14.3. The van der Waals surface area contributed by atoms with Gasteiger partial charge in [0, 0.05) is 38.3 Å². The third-order valence-electron chi connectivity index (χ3n) is 4.93. The van der Waals surface area contributed by atoms with E-state index in [0.717, 1.165) is 51.1 Å². The van der Waals surface area contributed by atoms with Gasteiger partial charge in [0.25, 0.3) is 5.91 Å². The molecular weight excluding hydrogens is 288 g/mol. The van der Waals surface area contributed by atoms with E-state index in [0.29, 0.717) is 18.1 Å². The summed E-state index contributed by atoms with van der Waals surface area (Å²) in [7, 11) is 0. The Hall–Kier alpha value is -1.39. The average molecular weight is 316 g/mol. The van der Waals surface area contributed by atoms with Gasteiger partial charge in [0.15, 0.2) is 0 Å². The zero-order chi connectivity index (χ0) is 16.2. The highest BCUT2D eigenvalue weighted by Crippen LogP contribution is 2.22. The van der Waals surface area contributed by atoms with Crippen LogP contribution in [0.3, 0.4) is 0 Å². The van der Waals surface area contributed by atoms with Crippen LogP contribution < -0.4 is 0 Å². The molecule has 0 aromatic heterocycles. The Kier molecular flexibility index (Phi) is 5.34. The van der Waals surface area contributed by atoms with E-state index in [9.17, 15) is 4.79 Å². The lowest BCUT2D eigenvalue weighted by atomic mass is 9.95. The number of amides is 1. The van der Waals surface area contributed by atoms with Gasteiger partial charge in [-0.1, -0.05) is 18.2 Å². The Morgan fingerprint density at radius 3 is 2.30 bits per heavy atom. The molecule has 1 aromatic carbocycles. The first-order chi connectivity index (χ1) is 11.1. The molecule has 126 valence electrons. The number of piperidine rings is 1. The quantitative estimate of drug-likeness (QED) is 0.859. The number of morpholine rings is 1. The number of likely N-dealkylation sites (tertiary alicyclic amines) is 1. The van der Waals surface area contributed by atoms with E-state index in [1.54, 1.807) is 0 Å². The molecule has 23 heavy (non-hydrogen) atoms. The molecule has 2 aliphatic heterocycles. The van der Waals surface area contributed by atoms with Gasteiger partial charge < -0.3 is 9.64 Å². The number of benzene rings is 1. The van der Waals surface area contributed by atoms with Gasteiger partial charge in [-0.25, -0.2) is 0 Å². The second-order valence-corrected chi connectivity index (χ2v) is 7.08. The molecule has 1 aromatic rings. The number of ether oxygens (including phenoxy) is 1. The van der Waals surface area contributed by atoms with Crippen LogP contribution in [0.25, 0.3) is 0 Å². The van der Waals surface area contributed by atoms with Crippen molar-refractivity contribution in [1.82, 2.24) is 9.80 Å². The SMILES string of the molecule is C[C@H]1CN(CC2CCN(C(=O)c3ccccc3)CC2)C[C@H](C)O1. The van der Waals surface area contributed by atoms with E-state index in [1.807, 2.05) is 35.2 Å². The summed E-state index contributed by atoms with van der Waals surface area (Å²) in [6.07, 6.45) is 2.88. The minimum Gasteiger partial charge on any atom is -0.373 e. The van der Waals surface area contributed by atoms with Gasteiger partial charge in [-0.2, -0.15) is 0 Å². The lowest BCUT2D eigenvalue weighted by Crippen LogP contribution is -2.48. The number of carbonyl (C=O) groups excluding carboxylic acids is 1. The Labute approximate surface area is 139 Å². The molecule has 0 aliphatic carbocycles. The van der Waals surface area contributed by atoms with Crippen LogP contribution >= 0.6 is 0 Å². The van der Waals surface area contributed by atoms with E-state index >= 15 is 0 Å². The summed E-state index contributed by atoms with van der Waals surface area (Å²) in [5, 5.41) is 0. The molecule has 0 unspecified atom stereocenters. The van der Waals surface area contributed by atoms with E-state index in [1.165, 1.54) is 0 Å². The molecule has 2 saturated heterocycles. The van der Waals surface area contributed by atoms with Crippen LogP contribution in [0.15, 0.2) is 30.3 Å². The highest BCUT2D eigenvalue weighted by Gasteiger charge is 2.28. The van der Waals surface area contributed by atoms with Crippen molar-refractivity contribution >= 4 is 5.91 Å². The topological polar surface area (TPSA) is 32.8 Å². The highest BCUT2D eigenvalue weighted by molar-refractivity contribution is 5.94. The fourth-order valence-electron chi connectivity index (χ4n) is 3.88. The number of rotatable bonds is 3. The first-order valence-corrected chi connectivity index (χ1v) is 8.84. The molecule has 3 rings (SSSR count). The van der Waals surface area contributed by atoms with Crippen molar-refractivity contribution in [3.63, 3.8) is 0 Å². The third-order valence-corrected chi connectivity index (χ3v) is 4.93. The molecule has 2 fully saturated rings. The molecule has 0 radical (unpaired) electrons. The van der Waals surface area contributed by atoms with Gasteiger partial charge >= 0.3 is 0 Å². The van der Waals surface area contributed by atoms with Gasteiger partial charge in [0.2, 0.25) is 0 Å². The van der Waals surface area contributed by atoms with Gasteiger partial charge in [-0.05, 0) is 44.7 Å². The van der Waals surface area contributed by atoms with Crippen molar-refractivity contribution in [1.29, 1.82) is 0 Å². The number of nitrogens with zero attached hydrogens (tertiary/aromatic N) is 2. The number of hydrogen-bond acceptors (Lipinski definition) is 3. The van der Waals surface area contributed by atoms with Crippen molar-refractivity contribution in [2.45, 2.75) is 38.9 Å². The fourth-order valence-corrected chi connectivity index (χ4v) is 3.88. The van der Waals surface area contributed by atoms with E-state index < -0.39 is 0 Å². The lowest BCUT2D eigenvalue weighted by Gasteiger charge is -2.39. The summed E-state index contributed by atoms with van der Waals surface area (Å²) < 4.78 is 5.81. The van der Waals surface area contributed by atoms with Gasteiger partial charge in [-0.15, -0.1) is 0 Å². The second-order valence-electron chi connectivity index (χ2n) is 7.08. The van der Waals surface area contributed by atoms with E-state index in [-0.39, 0.29) is 5.91 Å². The van der Waals surface area contributed by atoms with Crippen molar-refractivity contribution in [3.8, 4) is 0 Å². The molecule has 0 saturated carbocycles. The molecule has 4 nitrogen and oxygen atoms in total. The summed E-state index contributed by atoms with van der Waals surface area (Å²) in [6, 6.07) is 9.63. The molecule has 2 atom stereocenters. The summed E-state index contributed by atoms with van der Waals surface area (Å²) >= 11 is 0. The minimum absolute atomic E-state index is 0.178. The van der Waals surface area contributed by atoms with Gasteiger partial charge in [-0.3, -0.25) is 9.69 Å². The maximum atomic E-state index is 12.5. The van der Waals surface area contributed by atoms with Crippen LogP contribution in [0.1, 0.15) is 37.0 Å². The molecule has 0 spiro atoms. The predicted octanol–water partition coefficient (Wildman–Crippen LogP) is 2.65. The van der Waals surface area contributed by atoms with Gasteiger partial charge in [0.05, 0.1) is 12.2 Å². The third kappa shape index (κ3) is 4.33. The van der Waals surface area contributed by atoms with Crippen LogP contribution in [0.2, 0.25) is 0 Å². The van der Waals surface area contributed by atoms with Crippen molar-refractivity contribution < 1.29 is 9.53 Å². The predicted molar refractivity (Wildman–Crippen MR) is 91.5 cm³/mol. The Balaban J connectivity index is 1.48. The number of carbonyl (C=O) groups is 1. The standard InChI is InChI=1S/C19H28N2O2/c1-15-12-20(13-16(2)23-15)14-17-8-10-21(11-9-17)19(22)18-6-4-3-5-7-18/h3-7,15-17H,8-14H2,1-2H3/t15-,16-/m0/s1. The molecule has 2 aliphatic rings. The monoisotopic (exact) mass is 316 g/mol. The Morgan fingerprint density at radius 2 is 1.70 bits per heavy atom. The lowest BCUT2D eigenvalue weighted by molar-refractivity contribution is -0.0728. The smallest absolute Gasteiger partial charge is 0.253 e. The van der Waals surface area contributed by atoms with E-state index in [4.69, 9.17) is 4.74 Å². The largest absolute Gasteiger partial charge is 0.373 e. The van der Waals surface area contributed by atoms with Crippen LogP contribution in [0, 0.1) is 5.92 Å². The van der Waals surface area contributed by atoms with E-state index in [2.05, 4.69) is 18.7 Å². The molecule has 2 heterocycles. The Morgan fingerprint density at radius 1 is 1.09 bits per heavy atom. The molecule has 0 N–H and O–H groups in total. The fraction of sp³-hybridized carbons (Fsp3) is 0.632.